The van der Waals surface area contributed by atoms with Gasteiger partial charge in [0.25, 0.3) is 5.91 Å². The van der Waals surface area contributed by atoms with E-state index in [1.54, 1.807) is 23.0 Å². The molecule has 23 heavy (non-hydrogen) atoms. The summed E-state index contributed by atoms with van der Waals surface area (Å²) in [6.07, 6.45) is 4.35. The third kappa shape index (κ3) is 3.19. The molecule has 3 rings (SSSR count). The Morgan fingerprint density at radius 2 is 2.04 bits per heavy atom. The second-order valence-electron chi connectivity index (χ2n) is 5.43. The highest BCUT2D eigenvalue weighted by Gasteiger charge is 2.14. The van der Waals surface area contributed by atoms with E-state index in [0.29, 0.717) is 16.4 Å². The van der Waals surface area contributed by atoms with Crippen molar-refractivity contribution >= 4 is 23.2 Å². The third-order valence-electron chi connectivity index (χ3n) is 3.75. The molecule has 0 bridgehead atoms. The first kappa shape index (κ1) is 15.5. The molecule has 6 heteroatoms. The highest BCUT2D eigenvalue weighted by atomic mass is 35.5. The van der Waals surface area contributed by atoms with Gasteiger partial charge in [0.15, 0.2) is 5.65 Å². The molecule has 0 aliphatic rings. The van der Waals surface area contributed by atoms with E-state index in [1.807, 2.05) is 38.1 Å². The summed E-state index contributed by atoms with van der Waals surface area (Å²) in [6.45, 7) is 3.99. The predicted molar refractivity (Wildman–Crippen MR) is 90.7 cm³/mol. The molecular weight excluding hydrogens is 312 g/mol. The van der Waals surface area contributed by atoms with Gasteiger partial charge < -0.3 is 5.32 Å². The fraction of sp³-hybridized carbons (Fsp3) is 0.235. The molecule has 0 saturated carbocycles. The maximum atomic E-state index is 12.3. The smallest absolute Gasteiger partial charge is 0.270 e. The van der Waals surface area contributed by atoms with Gasteiger partial charge in [-0.05, 0) is 37.1 Å². The Labute approximate surface area is 139 Å². The zero-order valence-electron chi connectivity index (χ0n) is 13.0. The van der Waals surface area contributed by atoms with Crippen molar-refractivity contribution in [1.82, 2.24) is 19.9 Å². The van der Waals surface area contributed by atoms with Crippen LogP contribution >= 0.6 is 11.6 Å². The molecule has 3 aromatic rings. The van der Waals surface area contributed by atoms with E-state index in [2.05, 4.69) is 15.4 Å². The van der Waals surface area contributed by atoms with Gasteiger partial charge in [-0.1, -0.05) is 30.7 Å². The Hall–Kier alpha value is -2.40. The van der Waals surface area contributed by atoms with E-state index >= 15 is 0 Å². The summed E-state index contributed by atoms with van der Waals surface area (Å²) in [5.74, 6) is -0.176. The lowest BCUT2D eigenvalue weighted by atomic mass is 10.1. The summed E-state index contributed by atoms with van der Waals surface area (Å²) in [7, 11) is 0. The molecule has 2 heterocycles. The maximum Gasteiger partial charge on any atom is 0.270 e. The van der Waals surface area contributed by atoms with E-state index in [1.165, 1.54) is 0 Å². The van der Waals surface area contributed by atoms with Crippen LogP contribution in [0.25, 0.3) is 16.8 Å². The van der Waals surface area contributed by atoms with E-state index in [0.717, 1.165) is 17.5 Å². The van der Waals surface area contributed by atoms with Crippen LogP contribution in [0.1, 0.15) is 30.8 Å². The minimum Gasteiger partial charge on any atom is -0.348 e. The van der Waals surface area contributed by atoms with Crippen LogP contribution in [0.15, 0.2) is 42.7 Å². The fourth-order valence-electron chi connectivity index (χ4n) is 2.23. The van der Waals surface area contributed by atoms with Crippen molar-refractivity contribution in [1.29, 1.82) is 0 Å². The van der Waals surface area contributed by atoms with Gasteiger partial charge in [0.2, 0.25) is 0 Å². The Morgan fingerprint density at radius 1 is 1.30 bits per heavy atom. The van der Waals surface area contributed by atoms with Crippen molar-refractivity contribution in [2.45, 2.75) is 26.3 Å². The SMILES string of the molecule is CCC(C)NC(=O)c1ccn2ncc(-c3ccc(Cl)cc3)c2n1. The van der Waals surface area contributed by atoms with E-state index in [9.17, 15) is 4.79 Å². The van der Waals surface area contributed by atoms with Crippen molar-refractivity contribution in [3.8, 4) is 11.1 Å². The number of carbonyl (C=O) groups is 1. The number of benzene rings is 1. The van der Waals surface area contributed by atoms with Crippen LogP contribution in [0.5, 0.6) is 0 Å². The van der Waals surface area contributed by atoms with Crippen molar-refractivity contribution in [2.24, 2.45) is 0 Å². The lowest BCUT2D eigenvalue weighted by molar-refractivity contribution is 0.0934. The summed E-state index contributed by atoms with van der Waals surface area (Å²) >= 11 is 5.93. The average molecular weight is 329 g/mol. The monoisotopic (exact) mass is 328 g/mol. The molecule has 118 valence electrons. The molecule has 5 nitrogen and oxygen atoms in total. The Morgan fingerprint density at radius 3 is 2.74 bits per heavy atom. The number of hydrogen-bond donors (Lipinski definition) is 1. The molecular formula is C17H17ClN4O. The highest BCUT2D eigenvalue weighted by Crippen LogP contribution is 2.24. The molecule has 0 aliphatic heterocycles. The number of carbonyl (C=O) groups excluding carboxylic acids is 1. The van der Waals surface area contributed by atoms with E-state index < -0.39 is 0 Å². The predicted octanol–water partition coefficient (Wildman–Crippen LogP) is 3.58. The normalized spacial score (nSPS) is 12.3. The molecule has 1 amide bonds. The largest absolute Gasteiger partial charge is 0.348 e. The Balaban J connectivity index is 2.00. The Bertz CT molecular complexity index is 841. The average Bonchev–Trinajstić information content (AvgIpc) is 2.98. The van der Waals surface area contributed by atoms with E-state index in [4.69, 9.17) is 11.6 Å². The molecule has 0 spiro atoms. The lowest BCUT2D eigenvalue weighted by Crippen LogP contribution is -2.32. The van der Waals surface area contributed by atoms with Gasteiger partial charge in [0.1, 0.15) is 5.69 Å². The third-order valence-corrected chi connectivity index (χ3v) is 4.00. The lowest BCUT2D eigenvalue weighted by Gasteiger charge is -2.10. The van der Waals surface area contributed by atoms with Crippen LogP contribution in [0.4, 0.5) is 0 Å². The molecule has 0 saturated heterocycles. The molecule has 1 atom stereocenters. The topological polar surface area (TPSA) is 59.3 Å². The van der Waals surface area contributed by atoms with Crippen LogP contribution in [-0.2, 0) is 0 Å². The van der Waals surface area contributed by atoms with Gasteiger partial charge >= 0.3 is 0 Å². The number of aromatic nitrogens is 3. The van der Waals surface area contributed by atoms with Crippen LogP contribution in [-0.4, -0.2) is 26.5 Å². The highest BCUT2D eigenvalue weighted by molar-refractivity contribution is 6.30. The number of rotatable bonds is 4. The minimum absolute atomic E-state index is 0.112. The standard InChI is InChI=1S/C17H17ClN4O/c1-3-11(2)20-17(23)15-8-9-22-16(21-15)14(10-19-22)12-4-6-13(18)7-5-12/h4-11H,3H2,1-2H3,(H,20,23). The quantitative estimate of drug-likeness (QED) is 0.796. The second kappa shape index (κ2) is 6.38. The minimum atomic E-state index is -0.176. The molecule has 2 aromatic heterocycles. The molecule has 1 N–H and O–H groups in total. The summed E-state index contributed by atoms with van der Waals surface area (Å²) in [6, 6.07) is 9.24. The summed E-state index contributed by atoms with van der Waals surface area (Å²) in [5, 5.41) is 7.88. The second-order valence-corrected chi connectivity index (χ2v) is 5.87. The van der Waals surface area contributed by atoms with Crippen molar-refractivity contribution < 1.29 is 4.79 Å². The summed E-state index contributed by atoms with van der Waals surface area (Å²) in [5.41, 5.74) is 2.84. The molecule has 1 aromatic carbocycles. The summed E-state index contributed by atoms with van der Waals surface area (Å²) in [4.78, 5) is 16.7. The van der Waals surface area contributed by atoms with Gasteiger partial charge in [-0.25, -0.2) is 9.50 Å². The van der Waals surface area contributed by atoms with Crippen LogP contribution in [0, 0.1) is 0 Å². The molecule has 0 radical (unpaired) electrons. The van der Waals surface area contributed by atoms with Gasteiger partial charge in [-0.2, -0.15) is 5.10 Å². The van der Waals surface area contributed by atoms with E-state index in [-0.39, 0.29) is 11.9 Å². The molecule has 0 fully saturated rings. The molecule has 0 aliphatic carbocycles. The number of fused-ring (bicyclic) bond motifs is 1. The fourth-order valence-corrected chi connectivity index (χ4v) is 2.35. The first-order valence-electron chi connectivity index (χ1n) is 7.49. The van der Waals surface area contributed by atoms with Crippen LogP contribution < -0.4 is 5.32 Å². The van der Waals surface area contributed by atoms with Crippen LogP contribution in [0.3, 0.4) is 0 Å². The first-order valence-corrected chi connectivity index (χ1v) is 7.87. The zero-order valence-corrected chi connectivity index (χ0v) is 13.7. The number of nitrogens with zero attached hydrogens (tertiary/aromatic N) is 3. The zero-order chi connectivity index (χ0) is 16.4. The van der Waals surface area contributed by atoms with Crippen LogP contribution in [0.2, 0.25) is 5.02 Å². The van der Waals surface area contributed by atoms with Gasteiger partial charge in [0.05, 0.1) is 6.20 Å². The summed E-state index contributed by atoms with van der Waals surface area (Å²) < 4.78 is 1.66. The van der Waals surface area contributed by atoms with Gasteiger partial charge in [-0.3, -0.25) is 4.79 Å². The van der Waals surface area contributed by atoms with Crippen molar-refractivity contribution in [3.05, 3.63) is 53.4 Å². The Kier molecular flexibility index (Phi) is 4.30. The van der Waals surface area contributed by atoms with Gasteiger partial charge in [0, 0.05) is 22.8 Å². The maximum absolute atomic E-state index is 12.3. The van der Waals surface area contributed by atoms with Crippen molar-refractivity contribution in [2.75, 3.05) is 0 Å². The number of nitrogens with one attached hydrogen (secondary N) is 1. The number of halogens is 1. The van der Waals surface area contributed by atoms with Crippen molar-refractivity contribution in [3.63, 3.8) is 0 Å². The van der Waals surface area contributed by atoms with Gasteiger partial charge in [-0.15, -0.1) is 0 Å². The first-order chi connectivity index (χ1) is 11.1. The number of amides is 1. The molecule has 1 unspecified atom stereocenters. The number of hydrogen-bond acceptors (Lipinski definition) is 3.